The minimum absolute atomic E-state index is 0.313. The van der Waals surface area contributed by atoms with E-state index in [1.165, 1.54) is 24.8 Å². The molecule has 28 heavy (non-hydrogen) atoms. The van der Waals surface area contributed by atoms with E-state index in [2.05, 4.69) is 41.6 Å². The number of amidine groups is 1. The maximum atomic E-state index is 12.2. The highest BCUT2D eigenvalue weighted by Crippen LogP contribution is 2.28. The Bertz CT molecular complexity index is 877. The molecule has 0 spiro atoms. The lowest BCUT2D eigenvalue weighted by atomic mass is 9.92. The van der Waals surface area contributed by atoms with E-state index in [0.717, 1.165) is 46.7 Å². The maximum Gasteiger partial charge on any atom is 0.137 e. The summed E-state index contributed by atoms with van der Waals surface area (Å²) >= 11 is 0. The van der Waals surface area contributed by atoms with Crippen LogP contribution in [0.4, 0.5) is 5.82 Å². The van der Waals surface area contributed by atoms with Crippen molar-refractivity contribution in [2.75, 3.05) is 11.9 Å². The minimum Gasteiger partial charge on any atom is -0.756 e. The number of nitrogens with zero attached hydrogens (tertiary/aromatic N) is 3. The number of nitrogens with one attached hydrogen (secondary N) is 2. The van der Waals surface area contributed by atoms with Gasteiger partial charge in [0.15, 0.2) is 0 Å². The van der Waals surface area contributed by atoms with Crippen molar-refractivity contribution in [2.24, 2.45) is 4.99 Å². The van der Waals surface area contributed by atoms with Crippen molar-refractivity contribution in [3.63, 3.8) is 0 Å². The number of benzene rings is 1. The molecule has 2 unspecified atom stereocenters. The van der Waals surface area contributed by atoms with Gasteiger partial charge in [0.05, 0.1) is 11.1 Å². The zero-order chi connectivity index (χ0) is 19.7. The number of aryl methyl sites for hydroxylation is 1. The lowest BCUT2D eigenvalue weighted by Crippen LogP contribution is -2.43. The molecule has 4 rings (SSSR count). The highest BCUT2D eigenvalue weighted by atomic mass is 16.5. The van der Waals surface area contributed by atoms with Gasteiger partial charge < -0.3 is 20.9 Å². The van der Waals surface area contributed by atoms with Crippen molar-refractivity contribution in [3.8, 4) is 0 Å². The molecule has 0 saturated heterocycles. The van der Waals surface area contributed by atoms with Gasteiger partial charge in [-0.3, -0.25) is 0 Å². The van der Waals surface area contributed by atoms with Gasteiger partial charge in [-0.05, 0) is 57.7 Å². The van der Waals surface area contributed by atoms with Crippen LogP contribution < -0.4 is 10.6 Å². The van der Waals surface area contributed by atoms with E-state index in [0.29, 0.717) is 17.9 Å². The molecule has 1 aromatic carbocycles. The van der Waals surface area contributed by atoms with E-state index < -0.39 is 0 Å². The summed E-state index contributed by atoms with van der Waals surface area (Å²) in [6.45, 7) is 6.92. The van der Waals surface area contributed by atoms with Crippen LogP contribution in [0.1, 0.15) is 57.1 Å². The summed E-state index contributed by atoms with van der Waals surface area (Å²) in [6, 6.07) is 9.45. The molecule has 2 heterocycles. The van der Waals surface area contributed by atoms with Crippen LogP contribution in [0.25, 0.3) is 10.9 Å². The molecule has 0 radical (unpaired) electrons. The summed E-state index contributed by atoms with van der Waals surface area (Å²) in [6.07, 6.45) is 5.79. The summed E-state index contributed by atoms with van der Waals surface area (Å²) in [4.78, 5) is 9.23. The van der Waals surface area contributed by atoms with Crippen LogP contribution in [0.3, 0.4) is 0 Å². The third kappa shape index (κ3) is 3.84. The molecule has 1 saturated carbocycles. The maximum absolute atomic E-state index is 12.2. The summed E-state index contributed by atoms with van der Waals surface area (Å²) in [7, 11) is 0. The summed E-state index contributed by atoms with van der Waals surface area (Å²) in [5.74, 6) is 1.23. The number of hydroxylamine groups is 2. The first kappa shape index (κ1) is 19.2. The molecule has 1 aliphatic carbocycles. The van der Waals surface area contributed by atoms with Crippen LogP contribution >= 0.6 is 0 Å². The van der Waals surface area contributed by atoms with Gasteiger partial charge in [0.2, 0.25) is 0 Å². The predicted molar refractivity (Wildman–Crippen MR) is 116 cm³/mol. The number of fused-ring (bicyclic) bond motifs is 1. The topological polar surface area (TPSA) is 75.6 Å². The normalized spacial score (nSPS) is 20.5. The van der Waals surface area contributed by atoms with Gasteiger partial charge in [0, 0.05) is 24.0 Å². The first-order valence-corrected chi connectivity index (χ1v) is 10.5. The summed E-state index contributed by atoms with van der Waals surface area (Å²) in [5.41, 5.74) is 2.91. The Morgan fingerprint density at radius 3 is 2.75 bits per heavy atom. The van der Waals surface area contributed by atoms with Crippen molar-refractivity contribution >= 4 is 22.6 Å². The zero-order valence-electron chi connectivity index (χ0n) is 17.0. The molecule has 1 aromatic heterocycles. The SMILES string of the molecule is CCC(CCNc1nc2ccc(C)cc2cc1C1=NC(C)N1[O-])NC1CCC1. The molecule has 2 aliphatic rings. The monoisotopic (exact) mass is 380 g/mol. The summed E-state index contributed by atoms with van der Waals surface area (Å²) < 4.78 is 0. The average Bonchev–Trinajstić information content (AvgIpc) is 2.66. The van der Waals surface area contributed by atoms with Crippen molar-refractivity contribution < 1.29 is 0 Å². The lowest BCUT2D eigenvalue weighted by molar-refractivity contribution is 0.294. The third-order valence-electron chi connectivity index (χ3n) is 5.92. The number of pyridine rings is 1. The van der Waals surface area contributed by atoms with Crippen LogP contribution in [-0.2, 0) is 0 Å². The van der Waals surface area contributed by atoms with Crippen LogP contribution in [0.15, 0.2) is 29.3 Å². The third-order valence-corrected chi connectivity index (χ3v) is 5.92. The molecular formula is C22H30N5O-. The highest BCUT2D eigenvalue weighted by molar-refractivity contribution is 6.08. The van der Waals surface area contributed by atoms with Crippen molar-refractivity contribution in [2.45, 2.75) is 71.1 Å². The number of aliphatic imine (C=N–C) groups is 1. The number of anilines is 1. The van der Waals surface area contributed by atoms with E-state index >= 15 is 0 Å². The fraction of sp³-hybridized carbons (Fsp3) is 0.545. The molecule has 0 amide bonds. The Labute approximate surface area is 167 Å². The molecule has 1 fully saturated rings. The minimum atomic E-state index is -0.313. The standard InChI is InChI=1S/C22H30N5O/c1-4-17(25-18-6-5-7-18)10-11-23-21-19(22-24-15(3)27(22)28)13-16-12-14(2)8-9-20(16)26-21/h8-9,12-13,15,17-18,25H,4-7,10-11H2,1-3H3,(H,23,26)/q-1. The van der Waals surface area contributed by atoms with Gasteiger partial charge in [-0.2, -0.15) is 0 Å². The predicted octanol–water partition coefficient (Wildman–Crippen LogP) is 4.17. The number of rotatable bonds is 8. The van der Waals surface area contributed by atoms with E-state index in [1.54, 1.807) is 6.92 Å². The Balaban J connectivity index is 1.52. The van der Waals surface area contributed by atoms with Gasteiger partial charge in [-0.25, -0.2) is 9.98 Å². The average molecular weight is 381 g/mol. The van der Waals surface area contributed by atoms with Crippen LogP contribution in [0.2, 0.25) is 0 Å². The molecule has 2 N–H and O–H groups in total. The first-order valence-electron chi connectivity index (χ1n) is 10.5. The lowest BCUT2D eigenvalue weighted by Gasteiger charge is -2.44. The number of hydrogen-bond donors (Lipinski definition) is 2. The molecule has 2 atom stereocenters. The Morgan fingerprint density at radius 2 is 2.11 bits per heavy atom. The van der Waals surface area contributed by atoms with E-state index in [1.807, 2.05) is 12.1 Å². The van der Waals surface area contributed by atoms with Gasteiger partial charge in [0.1, 0.15) is 17.8 Å². The fourth-order valence-corrected chi connectivity index (χ4v) is 3.87. The number of aromatic nitrogens is 1. The molecule has 1 aliphatic heterocycles. The quantitative estimate of drug-likeness (QED) is 0.719. The zero-order valence-corrected chi connectivity index (χ0v) is 17.0. The molecule has 6 heteroatoms. The van der Waals surface area contributed by atoms with Gasteiger partial charge in [0.25, 0.3) is 0 Å². The highest BCUT2D eigenvalue weighted by Gasteiger charge is 2.24. The van der Waals surface area contributed by atoms with Gasteiger partial charge in [-0.1, -0.05) is 25.0 Å². The molecular weight excluding hydrogens is 350 g/mol. The fourth-order valence-electron chi connectivity index (χ4n) is 3.87. The van der Waals surface area contributed by atoms with E-state index in [4.69, 9.17) is 4.98 Å². The Morgan fingerprint density at radius 1 is 1.29 bits per heavy atom. The molecule has 2 aromatic rings. The second-order valence-corrected chi connectivity index (χ2v) is 8.11. The Kier molecular flexibility index (Phi) is 5.51. The molecule has 6 nitrogen and oxygen atoms in total. The van der Waals surface area contributed by atoms with Crippen LogP contribution in [-0.4, -0.2) is 40.7 Å². The molecule has 150 valence electrons. The molecule has 0 bridgehead atoms. The van der Waals surface area contributed by atoms with Crippen molar-refractivity contribution in [3.05, 3.63) is 40.6 Å². The smallest absolute Gasteiger partial charge is 0.137 e. The second-order valence-electron chi connectivity index (χ2n) is 8.11. The van der Waals surface area contributed by atoms with Crippen molar-refractivity contribution in [1.82, 2.24) is 15.4 Å². The second kappa shape index (κ2) is 8.05. The van der Waals surface area contributed by atoms with Gasteiger partial charge in [-0.15, -0.1) is 0 Å². The van der Waals surface area contributed by atoms with Gasteiger partial charge >= 0.3 is 0 Å². The summed E-state index contributed by atoms with van der Waals surface area (Å²) in [5, 5.41) is 21.5. The number of hydrogen-bond acceptors (Lipinski definition) is 6. The van der Waals surface area contributed by atoms with E-state index in [9.17, 15) is 5.21 Å². The Hall–Kier alpha value is -2.18. The van der Waals surface area contributed by atoms with Crippen molar-refractivity contribution in [1.29, 1.82) is 0 Å². The van der Waals surface area contributed by atoms with Crippen LogP contribution in [0.5, 0.6) is 0 Å². The largest absolute Gasteiger partial charge is 0.756 e. The van der Waals surface area contributed by atoms with Crippen LogP contribution in [0, 0.1) is 12.1 Å². The first-order chi connectivity index (χ1) is 13.5. The van der Waals surface area contributed by atoms with E-state index in [-0.39, 0.29) is 6.17 Å².